The Kier molecular flexibility index (Phi) is 3.72. The van der Waals surface area contributed by atoms with Gasteiger partial charge in [-0.05, 0) is 30.0 Å². The number of nitrogens with one attached hydrogen (secondary N) is 1. The molecule has 0 aliphatic carbocycles. The number of benzene rings is 1. The first-order chi connectivity index (χ1) is 8.12. The summed E-state index contributed by atoms with van der Waals surface area (Å²) in [6, 6.07) is 8.80. The molecular weight excluding hydrogens is 208 g/mol. The summed E-state index contributed by atoms with van der Waals surface area (Å²) in [6.45, 7) is 11.3. The van der Waals surface area contributed by atoms with Crippen LogP contribution in [0.2, 0.25) is 0 Å². The molecule has 0 radical (unpaired) electrons. The molecule has 17 heavy (non-hydrogen) atoms. The molecule has 0 unspecified atom stereocenters. The zero-order valence-corrected chi connectivity index (χ0v) is 11.3. The van der Waals surface area contributed by atoms with Gasteiger partial charge in [-0.15, -0.1) is 0 Å². The summed E-state index contributed by atoms with van der Waals surface area (Å²) in [4.78, 5) is 2.53. The number of fused-ring (bicyclic) bond motifs is 1. The van der Waals surface area contributed by atoms with Crippen molar-refractivity contribution in [2.45, 2.75) is 27.2 Å². The number of rotatable bonds is 5. The predicted molar refractivity (Wildman–Crippen MR) is 74.7 cm³/mol. The Bertz CT molecular complexity index is 371. The quantitative estimate of drug-likeness (QED) is 0.839. The highest BCUT2D eigenvalue weighted by atomic mass is 15.2. The molecule has 1 heterocycles. The minimum absolute atomic E-state index is 0.327. The molecule has 0 amide bonds. The van der Waals surface area contributed by atoms with Crippen LogP contribution in [0.1, 0.15) is 26.3 Å². The lowest BCUT2D eigenvalue weighted by atomic mass is 9.92. The number of para-hydroxylation sites is 1. The Morgan fingerprint density at radius 1 is 1.29 bits per heavy atom. The van der Waals surface area contributed by atoms with E-state index in [9.17, 15) is 0 Å². The highest BCUT2D eigenvalue weighted by Crippen LogP contribution is 2.30. The molecule has 0 spiro atoms. The summed E-state index contributed by atoms with van der Waals surface area (Å²) in [5, 5.41) is 3.46. The maximum atomic E-state index is 3.46. The second-order valence-corrected chi connectivity index (χ2v) is 5.74. The molecule has 2 nitrogen and oxygen atoms in total. The Labute approximate surface area is 105 Å². The lowest BCUT2D eigenvalue weighted by Crippen LogP contribution is -2.40. The molecule has 0 fully saturated rings. The van der Waals surface area contributed by atoms with E-state index >= 15 is 0 Å². The zero-order chi connectivity index (χ0) is 12.3. The summed E-state index contributed by atoms with van der Waals surface area (Å²) in [7, 11) is 0. The number of nitrogens with zero attached hydrogens (tertiary/aromatic N) is 1. The smallest absolute Gasteiger partial charge is 0.0399 e. The highest BCUT2D eigenvalue weighted by molar-refractivity contribution is 5.57. The van der Waals surface area contributed by atoms with Crippen molar-refractivity contribution in [1.82, 2.24) is 5.32 Å². The first-order valence-corrected chi connectivity index (χ1v) is 6.66. The van der Waals surface area contributed by atoms with Gasteiger partial charge in [-0.2, -0.15) is 0 Å². The lowest BCUT2D eigenvalue weighted by molar-refractivity contribution is 0.347. The highest BCUT2D eigenvalue weighted by Gasteiger charge is 2.25. The molecule has 0 bridgehead atoms. The molecule has 2 rings (SSSR count). The van der Waals surface area contributed by atoms with Crippen molar-refractivity contribution >= 4 is 5.69 Å². The van der Waals surface area contributed by atoms with Crippen molar-refractivity contribution in [3.8, 4) is 0 Å². The molecule has 1 aliphatic heterocycles. The average Bonchev–Trinajstić information content (AvgIpc) is 2.70. The standard InChI is InChI=1S/C15H24N2/c1-4-16-11-15(2,3)12-17-10-9-13-7-5-6-8-14(13)17/h5-8,16H,4,9-12H2,1-3H3. The van der Waals surface area contributed by atoms with Crippen molar-refractivity contribution in [2.24, 2.45) is 5.41 Å². The summed E-state index contributed by atoms with van der Waals surface area (Å²) in [5.74, 6) is 0. The van der Waals surface area contributed by atoms with Gasteiger partial charge < -0.3 is 10.2 Å². The molecule has 94 valence electrons. The monoisotopic (exact) mass is 232 g/mol. The van der Waals surface area contributed by atoms with E-state index in [-0.39, 0.29) is 0 Å². The van der Waals surface area contributed by atoms with Crippen molar-refractivity contribution in [3.05, 3.63) is 29.8 Å². The molecule has 2 heteroatoms. The van der Waals surface area contributed by atoms with Gasteiger partial charge in [0.25, 0.3) is 0 Å². The zero-order valence-electron chi connectivity index (χ0n) is 11.3. The topological polar surface area (TPSA) is 15.3 Å². The fourth-order valence-electron chi connectivity index (χ4n) is 2.61. The minimum Gasteiger partial charge on any atom is -0.370 e. The van der Waals surface area contributed by atoms with Gasteiger partial charge in [-0.3, -0.25) is 0 Å². The van der Waals surface area contributed by atoms with Crippen LogP contribution in [0.4, 0.5) is 5.69 Å². The van der Waals surface area contributed by atoms with Gasteiger partial charge in [0.15, 0.2) is 0 Å². The number of anilines is 1. The van der Waals surface area contributed by atoms with Crippen molar-refractivity contribution in [3.63, 3.8) is 0 Å². The largest absolute Gasteiger partial charge is 0.370 e. The van der Waals surface area contributed by atoms with Crippen LogP contribution in [0.5, 0.6) is 0 Å². The van der Waals surface area contributed by atoms with E-state index in [4.69, 9.17) is 0 Å². The van der Waals surface area contributed by atoms with Crippen LogP contribution >= 0.6 is 0 Å². The Balaban J connectivity index is 2.01. The molecule has 1 aromatic rings. The maximum absolute atomic E-state index is 3.46. The maximum Gasteiger partial charge on any atom is 0.0399 e. The third kappa shape index (κ3) is 3.01. The molecule has 0 aromatic heterocycles. The number of hydrogen-bond donors (Lipinski definition) is 1. The van der Waals surface area contributed by atoms with Crippen LogP contribution in [0.15, 0.2) is 24.3 Å². The second-order valence-electron chi connectivity index (χ2n) is 5.74. The summed E-state index contributed by atoms with van der Waals surface area (Å²) in [5.41, 5.74) is 3.27. The lowest BCUT2D eigenvalue weighted by Gasteiger charge is -2.32. The van der Waals surface area contributed by atoms with E-state index in [0.717, 1.165) is 19.6 Å². The van der Waals surface area contributed by atoms with Gasteiger partial charge in [-0.1, -0.05) is 39.0 Å². The fourth-order valence-corrected chi connectivity index (χ4v) is 2.61. The van der Waals surface area contributed by atoms with Gasteiger partial charge >= 0.3 is 0 Å². The fraction of sp³-hybridized carbons (Fsp3) is 0.600. The molecule has 0 atom stereocenters. The van der Waals surface area contributed by atoms with E-state index in [1.807, 2.05) is 0 Å². The molecule has 0 saturated heterocycles. The first-order valence-electron chi connectivity index (χ1n) is 6.66. The van der Waals surface area contributed by atoms with Crippen LogP contribution in [0.25, 0.3) is 0 Å². The summed E-state index contributed by atoms with van der Waals surface area (Å²) in [6.07, 6.45) is 1.20. The molecule has 0 saturated carbocycles. The minimum atomic E-state index is 0.327. The van der Waals surface area contributed by atoms with E-state index in [2.05, 4.69) is 55.3 Å². The second kappa shape index (κ2) is 5.09. The third-order valence-electron chi connectivity index (χ3n) is 3.46. The van der Waals surface area contributed by atoms with Crippen molar-refractivity contribution < 1.29 is 0 Å². The van der Waals surface area contributed by atoms with E-state index in [1.165, 1.54) is 24.2 Å². The Morgan fingerprint density at radius 3 is 2.82 bits per heavy atom. The molecular formula is C15H24N2. The predicted octanol–water partition coefficient (Wildman–Crippen LogP) is 2.68. The summed E-state index contributed by atoms with van der Waals surface area (Å²) < 4.78 is 0. The van der Waals surface area contributed by atoms with Crippen LogP contribution in [0.3, 0.4) is 0 Å². The normalized spacial score (nSPS) is 15.1. The van der Waals surface area contributed by atoms with Crippen molar-refractivity contribution in [2.75, 3.05) is 31.1 Å². The van der Waals surface area contributed by atoms with Crippen molar-refractivity contribution in [1.29, 1.82) is 0 Å². The van der Waals surface area contributed by atoms with Gasteiger partial charge in [-0.25, -0.2) is 0 Å². The van der Waals surface area contributed by atoms with E-state index < -0.39 is 0 Å². The SMILES string of the molecule is CCNCC(C)(C)CN1CCc2ccccc21. The van der Waals surface area contributed by atoms with Crippen LogP contribution in [-0.4, -0.2) is 26.2 Å². The summed E-state index contributed by atoms with van der Waals surface area (Å²) >= 11 is 0. The third-order valence-corrected chi connectivity index (χ3v) is 3.46. The van der Waals surface area contributed by atoms with Gasteiger partial charge in [0.2, 0.25) is 0 Å². The molecule has 1 N–H and O–H groups in total. The van der Waals surface area contributed by atoms with Crippen LogP contribution in [0, 0.1) is 5.41 Å². The van der Waals surface area contributed by atoms with Gasteiger partial charge in [0.05, 0.1) is 0 Å². The van der Waals surface area contributed by atoms with Gasteiger partial charge in [0, 0.05) is 25.3 Å². The average molecular weight is 232 g/mol. The first kappa shape index (κ1) is 12.4. The molecule has 1 aromatic carbocycles. The van der Waals surface area contributed by atoms with E-state index in [0.29, 0.717) is 5.41 Å². The molecule has 1 aliphatic rings. The van der Waals surface area contributed by atoms with E-state index in [1.54, 1.807) is 0 Å². The van der Waals surface area contributed by atoms with Crippen LogP contribution in [-0.2, 0) is 6.42 Å². The Morgan fingerprint density at radius 2 is 2.06 bits per heavy atom. The van der Waals surface area contributed by atoms with Crippen LogP contribution < -0.4 is 10.2 Å². The Hall–Kier alpha value is -1.02. The van der Waals surface area contributed by atoms with Gasteiger partial charge in [0.1, 0.15) is 0 Å². The number of hydrogen-bond acceptors (Lipinski definition) is 2.